The predicted octanol–water partition coefficient (Wildman–Crippen LogP) is 4.37. The van der Waals surface area contributed by atoms with Crippen molar-refractivity contribution in [3.8, 4) is 0 Å². The summed E-state index contributed by atoms with van der Waals surface area (Å²) in [6.45, 7) is 11.8. The lowest BCUT2D eigenvalue weighted by atomic mass is 9.69. The maximum absolute atomic E-state index is 4.65. The van der Waals surface area contributed by atoms with E-state index < -0.39 is 0 Å². The Morgan fingerprint density at radius 1 is 1.22 bits per heavy atom. The number of piperidine rings is 1. The zero-order valence-corrected chi connectivity index (χ0v) is 15.3. The van der Waals surface area contributed by atoms with Gasteiger partial charge in [0.25, 0.3) is 0 Å². The third-order valence-corrected chi connectivity index (χ3v) is 6.11. The van der Waals surface area contributed by atoms with Gasteiger partial charge in [0, 0.05) is 18.1 Å². The molecule has 1 atom stereocenters. The highest BCUT2D eigenvalue weighted by molar-refractivity contribution is 5.44. The molecule has 0 radical (unpaired) electrons. The molecule has 1 aliphatic rings. The fourth-order valence-corrected chi connectivity index (χ4v) is 3.74. The van der Waals surface area contributed by atoms with E-state index in [2.05, 4.69) is 73.6 Å². The zero-order chi connectivity index (χ0) is 16.6. The molecule has 0 N–H and O–H groups in total. The molecular weight excluding hydrogens is 282 g/mol. The van der Waals surface area contributed by atoms with Crippen molar-refractivity contribution in [2.75, 3.05) is 20.1 Å². The molecular formula is C20H31N3. The number of pyridine rings is 1. The SMILES string of the molecule is CC(C)c1ccn2c(CC(C)C3(C)CCN(C)CC3)cnc2c1. The number of hydrogen-bond donors (Lipinski definition) is 0. The molecule has 126 valence electrons. The van der Waals surface area contributed by atoms with E-state index in [1.807, 2.05) is 0 Å². The zero-order valence-electron chi connectivity index (χ0n) is 15.3. The number of rotatable bonds is 4. The molecule has 3 heterocycles. The molecule has 0 amide bonds. The van der Waals surface area contributed by atoms with Crippen LogP contribution in [0.25, 0.3) is 5.65 Å². The fraction of sp³-hybridized carbons (Fsp3) is 0.650. The van der Waals surface area contributed by atoms with Gasteiger partial charge in [0.1, 0.15) is 5.65 Å². The highest BCUT2D eigenvalue weighted by Crippen LogP contribution is 2.39. The van der Waals surface area contributed by atoms with Crippen LogP contribution in [0.15, 0.2) is 24.5 Å². The smallest absolute Gasteiger partial charge is 0.137 e. The largest absolute Gasteiger partial charge is 0.306 e. The Labute approximate surface area is 140 Å². The third-order valence-electron chi connectivity index (χ3n) is 6.11. The summed E-state index contributed by atoms with van der Waals surface area (Å²) >= 11 is 0. The lowest BCUT2D eigenvalue weighted by molar-refractivity contribution is 0.0839. The van der Waals surface area contributed by atoms with Crippen molar-refractivity contribution in [2.24, 2.45) is 11.3 Å². The van der Waals surface area contributed by atoms with Gasteiger partial charge < -0.3 is 9.30 Å². The minimum atomic E-state index is 0.453. The summed E-state index contributed by atoms with van der Waals surface area (Å²) < 4.78 is 2.28. The molecule has 1 unspecified atom stereocenters. The van der Waals surface area contributed by atoms with E-state index in [0.29, 0.717) is 17.3 Å². The first-order valence-electron chi connectivity index (χ1n) is 9.03. The second kappa shape index (κ2) is 6.27. The van der Waals surface area contributed by atoms with Crippen LogP contribution in [0.2, 0.25) is 0 Å². The lowest BCUT2D eigenvalue weighted by Gasteiger charge is -2.42. The van der Waals surface area contributed by atoms with Crippen molar-refractivity contribution in [2.45, 2.75) is 52.9 Å². The van der Waals surface area contributed by atoms with Gasteiger partial charge in [-0.05, 0) is 74.3 Å². The first kappa shape index (κ1) is 16.5. The van der Waals surface area contributed by atoms with E-state index in [0.717, 1.165) is 12.1 Å². The molecule has 0 aromatic carbocycles. The summed E-state index contributed by atoms with van der Waals surface area (Å²) in [7, 11) is 2.24. The van der Waals surface area contributed by atoms with Crippen LogP contribution in [0, 0.1) is 11.3 Å². The molecule has 23 heavy (non-hydrogen) atoms. The number of likely N-dealkylation sites (tertiary alicyclic amines) is 1. The van der Waals surface area contributed by atoms with E-state index >= 15 is 0 Å². The molecule has 3 nitrogen and oxygen atoms in total. The molecule has 1 aliphatic heterocycles. The monoisotopic (exact) mass is 313 g/mol. The van der Waals surface area contributed by atoms with Crippen LogP contribution in [0.5, 0.6) is 0 Å². The van der Waals surface area contributed by atoms with Crippen LogP contribution in [-0.2, 0) is 6.42 Å². The van der Waals surface area contributed by atoms with Gasteiger partial charge in [-0.25, -0.2) is 4.98 Å². The second-order valence-corrected chi connectivity index (χ2v) is 8.15. The molecule has 0 saturated carbocycles. The molecule has 0 aliphatic carbocycles. The lowest BCUT2D eigenvalue weighted by Crippen LogP contribution is -2.40. The van der Waals surface area contributed by atoms with Crippen molar-refractivity contribution in [1.29, 1.82) is 0 Å². The highest BCUT2D eigenvalue weighted by atomic mass is 15.1. The van der Waals surface area contributed by atoms with Crippen LogP contribution in [0.3, 0.4) is 0 Å². The van der Waals surface area contributed by atoms with Crippen molar-refractivity contribution >= 4 is 5.65 Å². The van der Waals surface area contributed by atoms with Gasteiger partial charge >= 0.3 is 0 Å². The normalized spacial score (nSPS) is 20.3. The molecule has 3 rings (SSSR count). The Balaban J connectivity index is 1.78. The Bertz CT molecular complexity index is 663. The van der Waals surface area contributed by atoms with Gasteiger partial charge in [-0.3, -0.25) is 0 Å². The minimum Gasteiger partial charge on any atom is -0.306 e. The van der Waals surface area contributed by atoms with E-state index in [1.54, 1.807) is 0 Å². The average molecular weight is 313 g/mol. The Hall–Kier alpha value is -1.35. The maximum atomic E-state index is 4.65. The van der Waals surface area contributed by atoms with Crippen LogP contribution in [-0.4, -0.2) is 34.4 Å². The van der Waals surface area contributed by atoms with Gasteiger partial charge in [0.2, 0.25) is 0 Å². The van der Waals surface area contributed by atoms with Crippen LogP contribution in [0.1, 0.15) is 57.7 Å². The summed E-state index contributed by atoms with van der Waals surface area (Å²) in [5, 5.41) is 0. The van der Waals surface area contributed by atoms with Crippen molar-refractivity contribution in [1.82, 2.24) is 14.3 Å². The molecule has 0 spiro atoms. The summed E-state index contributed by atoms with van der Waals surface area (Å²) in [5.74, 6) is 1.23. The number of fused-ring (bicyclic) bond motifs is 1. The molecule has 2 aromatic heterocycles. The highest BCUT2D eigenvalue weighted by Gasteiger charge is 2.34. The van der Waals surface area contributed by atoms with E-state index in [1.165, 1.54) is 37.2 Å². The van der Waals surface area contributed by atoms with Crippen LogP contribution >= 0.6 is 0 Å². The molecule has 1 fully saturated rings. The quantitative estimate of drug-likeness (QED) is 0.835. The van der Waals surface area contributed by atoms with E-state index in [4.69, 9.17) is 0 Å². The van der Waals surface area contributed by atoms with Gasteiger partial charge in [0.15, 0.2) is 0 Å². The Kier molecular flexibility index (Phi) is 4.50. The molecule has 1 saturated heterocycles. The summed E-state index contributed by atoms with van der Waals surface area (Å²) in [6.07, 6.45) is 8.01. The van der Waals surface area contributed by atoms with Crippen molar-refractivity contribution in [3.05, 3.63) is 35.8 Å². The van der Waals surface area contributed by atoms with Gasteiger partial charge in [0.05, 0.1) is 0 Å². The number of aromatic nitrogens is 2. The van der Waals surface area contributed by atoms with Gasteiger partial charge in [-0.1, -0.05) is 27.7 Å². The molecule has 0 bridgehead atoms. The van der Waals surface area contributed by atoms with Gasteiger partial charge in [-0.15, -0.1) is 0 Å². The molecule has 2 aromatic rings. The standard InChI is InChI=1S/C20H31N3/c1-15(2)17-6-9-23-18(14-21-19(23)13-17)12-16(3)20(4)7-10-22(5)11-8-20/h6,9,13-16H,7-8,10-12H2,1-5H3. The Morgan fingerprint density at radius 3 is 2.57 bits per heavy atom. The second-order valence-electron chi connectivity index (χ2n) is 8.15. The number of imidazole rings is 1. The Morgan fingerprint density at radius 2 is 1.91 bits per heavy atom. The average Bonchev–Trinajstić information content (AvgIpc) is 2.92. The predicted molar refractivity (Wildman–Crippen MR) is 97.0 cm³/mol. The number of nitrogens with zero attached hydrogens (tertiary/aromatic N) is 3. The van der Waals surface area contributed by atoms with Crippen LogP contribution < -0.4 is 0 Å². The van der Waals surface area contributed by atoms with Gasteiger partial charge in [-0.2, -0.15) is 0 Å². The van der Waals surface area contributed by atoms with Crippen molar-refractivity contribution < 1.29 is 0 Å². The summed E-state index contributed by atoms with van der Waals surface area (Å²) in [6, 6.07) is 4.47. The summed E-state index contributed by atoms with van der Waals surface area (Å²) in [4.78, 5) is 7.10. The molecule has 3 heteroatoms. The minimum absolute atomic E-state index is 0.453. The van der Waals surface area contributed by atoms with Crippen molar-refractivity contribution in [3.63, 3.8) is 0 Å². The summed E-state index contributed by atoms with van der Waals surface area (Å²) in [5.41, 5.74) is 4.26. The van der Waals surface area contributed by atoms with E-state index in [-0.39, 0.29) is 0 Å². The first-order valence-corrected chi connectivity index (χ1v) is 9.03. The third kappa shape index (κ3) is 3.30. The fourth-order valence-electron chi connectivity index (χ4n) is 3.74. The van der Waals surface area contributed by atoms with Crippen LogP contribution in [0.4, 0.5) is 0 Å². The topological polar surface area (TPSA) is 20.5 Å². The maximum Gasteiger partial charge on any atom is 0.137 e. The number of hydrogen-bond acceptors (Lipinski definition) is 2. The first-order chi connectivity index (χ1) is 10.9. The van der Waals surface area contributed by atoms with E-state index in [9.17, 15) is 0 Å².